The topological polar surface area (TPSA) is 40.5 Å². The maximum atomic E-state index is 11.1. The number of nitrogens with zero attached hydrogens (tertiary/aromatic N) is 1. The Balaban J connectivity index is 2.65. The third-order valence-electron chi connectivity index (χ3n) is 2.29. The molecule has 0 radical (unpaired) electrons. The van der Waals surface area contributed by atoms with Crippen LogP contribution in [0.15, 0.2) is 42.5 Å². The molecule has 0 atom stereocenters. The van der Waals surface area contributed by atoms with Crippen molar-refractivity contribution in [3.8, 4) is 0 Å². The molecule has 2 aromatic rings. The Morgan fingerprint density at radius 3 is 2.53 bits per heavy atom. The molecule has 0 spiro atoms. The van der Waals surface area contributed by atoms with Gasteiger partial charge in [0, 0.05) is 12.3 Å². The van der Waals surface area contributed by atoms with E-state index in [2.05, 4.69) is 0 Å². The van der Waals surface area contributed by atoms with Crippen LogP contribution < -0.4 is 5.06 Å². The number of anilines is 1. The fraction of sp³-hybridized carbons (Fsp3) is 0.0833. The van der Waals surface area contributed by atoms with Crippen LogP contribution in [-0.2, 0) is 4.79 Å². The lowest BCUT2D eigenvalue weighted by molar-refractivity contribution is -0.121. The van der Waals surface area contributed by atoms with Gasteiger partial charge in [0.1, 0.15) is 0 Å². The van der Waals surface area contributed by atoms with Crippen molar-refractivity contribution in [3.05, 3.63) is 42.5 Å². The summed E-state index contributed by atoms with van der Waals surface area (Å²) in [5.41, 5.74) is 0.514. The highest BCUT2D eigenvalue weighted by atomic mass is 16.5. The van der Waals surface area contributed by atoms with Crippen LogP contribution in [0.5, 0.6) is 0 Å². The minimum absolute atomic E-state index is 0.397. The van der Waals surface area contributed by atoms with E-state index in [-0.39, 0.29) is 0 Å². The first kappa shape index (κ1) is 9.68. The summed E-state index contributed by atoms with van der Waals surface area (Å²) in [7, 11) is 0. The van der Waals surface area contributed by atoms with Crippen molar-refractivity contribution < 1.29 is 10.0 Å². The fourth-order valence-electron chi connectivity index (χ4n) is 1.56. The van der Waals surface area contributed by atoms with E-state index in [0.29, 0.717) is 10.8 Å². The van der Waals surface area contributed by atoms with E-state index >= 15 is 0 Å². The van der Waals surface area contributed by atoms with Gasteiger partial charge in [0.15, 0.2) is 0 Å². The molecule has 0 unspecified atom stereocenters. The van der Waals surface area contributed by atoms with E-state index in [1.54, 1.807) is 6.07 Å². The second kappa shape index (κ2) is 3.71. The molecule has 0 aliphatic carbocycles. The first-order valence-electron chi connectivity index (χ1n) is 4.67. The van der Waals surface area contributed by atoms with Crippen molar-refractivity contribution in [1.29, 1.82) is 0 Å². The molecule has 0 aliphatic rings. The molecule has 3 heteroatoms. The maximum Gasteiger partial charge on any atom is 0.247 e. The Labute approximate surface area is 87.5 Å². The maximum absolute atomic E-state index is 11.1. The van der Waals surface area contributed by atoms with Gasteiger partial charge in [0.2, 0.25) is 5.91 Å². The highest BCUT2D eigenvalue weighted by Gasteiger charge is 2.10. The lowest BCUT2D eigenvalue weighted by Gasteiger charge is -2.14. The Hall–Kier alpha value is -1.87. The molecular weight excluding hydrogens is 190 g/mol. The van der Waals surface area contributed by atoms with E-state index in [0.717, 1.165) is 10.8 Å². The minimum atomic E-state index is -0.397. The number of hydrogen-bond donors (Lipinski definition) is 1. The zero-order valence-corrected chi connectivity index (χ0v) is 8.34. The van der Waals surface area contributed by atoms with Gasteiger partial charge in [-0.3, -0.25) is 10.0 Å². The third-order valence-corrected chi connectivity index (χ3v) is 2.29. The zero-order chi connectivity index (χ0) is 10.8. The molecule has 0 saturated carbocycles. The minimum Gasteiger partial charge on any atom is -0.281 e. The van der Waals surface area contributed by atoms with E-state index in [4.69, 9.17) is 0 Å². The molecule has 3 nitrogen and oxygen atoms in total. The van der Waals surface area contributed by atoms with Crippen molar-refractivity contribution in [1.82, 2.24) is 0 Å². The lowest BCUT2D eigenvalue weighted by atomic mass is 10.1. The fourth-order valence-corrected chi connectivity index (χ4v) is 1.56. The van der Waals surface area contributed by atoms with Gasteiger partial charge in [-0.25, -0.2) is 0 Å². The van der Waals surface area contributed by atoms with Gasteiger partial charge in [-0.2, -0.15) is 5.06 Å². The Kier molecular flexibility index (Phi) is 2.39. The number of carbonyl (C=O) groups is 1. The molecule has 0 aliphatic heterocycles. The number of rotatable bonds is 1. The smallest absolute Gasteiger partial charge is 0.247 e. The predicted molar refractivity (Wildman–Crippen MR) is 58.9 cm³/mol. The average Bonchev–Trinajstić information content (AvgIpc) is 2.27. The number of carbonyl (C=O) groups excluding carboxylic acids is 1. The van der Waals surface area contributed by atoms with Crippen molar-refractivity contribution in [2.45, 2.75) is 6.92 Å². The first-order chi connectivity index (χ1) is 7.20. The van der Waals surface area contributed by atoms with Gasteiger partial charge in [0.25, 0.3) is 0 Å². The van der Waals surface area contributed by atoms with Crippen molar-refractivity contribution in [3.63, 3.8) is 0 Å². The van der Waals surface area contributed by atoms with Gasteiger partial charge < -0.3 is 0 Å². The molecule has 76 valence electrons. The summed E-state index contributed by atoms with van der Waals surface area (Å²) in [6.45, 7) is 1.32. The van der Waals surface area contributed by atoms with Crippen molar-refractivity contribution >= 4 is 22.4 Å². The number of hydroxylamine groups is 1. The molecule has 15 heavy (non-hydrogen) atoms. The van der Waals surface area contributed by atoms with Crippen LogP contribution in [0.3, 0.4) is 0 Å². The molecule has 0 fully saturated rings. The number of hydrogen-bond acceptors (Lipinski definition) is 2. The quantitative estimate of drug-likeness (QED) is 0.569. The van der Waals surface area contributed by atoms with Gasteiger partial charge in [-0.05, 0) is 11.5 Å². The van der Waals surface area contributed by atoms with Crippen LogP contribution in [0.25, 0.3) is 10.8 Å². The van der Waals surface area contributed by atoms with Gasteiger partial charge >= 0.3 is 0 Å². The van der Waals surface area contributed by atoms with Gasteiger partial charge in [-0.15, -0.1) is 0 Å². The van der Waals surface area contributed by atoms with E-state index < -0.39 is 5.91 Å². The van der Waals surface area contributed by atoms with E-state index in [1.807, 2.05) is 36.4 Å². The van der Waals surface area contributed by atoms with E-state index in [1.165, 1.54) is 6.92 Å². The average molecular weight is 201 g/mol. The second-order valence-corrected chi connectivity index (χ2v) is 3.33. The SMILES string of the molecule is CC(=O)N(O)c1cccc2ccccc12. The molecule has 0 heterocycles. The van der Waals surface area contributed by atoms with Crippen molar-refractivity contribution in [2.24, 2.45) is 0 Å². The summed E-state index contributed by atoms with van der Waals surface area (Å²) in [6.07, 6.45) is 0. The summed E-state index contributed by atoms with van der Waals surface area (Å²) >= 11 is 0. The number of amides is 1. The number of benzene rings is 2. The van der Waals surface area contributed by atoms with Crippen LogP contribution in [0.4, 0.5) is 5.69 Å². The molecule has 0 bridgehead atoms. The summed E-state index contributed by atoms with van der Waals surface area (Å²) in [4.78, 5) is 11.1. The van der Waals surface area contributed by atoms with E-state index in [9.17, 15) is 10.0 Å². The lowest BCUT2D eigenvalue weighted by Crippen LogP contribution is -2.23. The summed E-state index contributed by atoms with van der Waals surface area (Å²) < 4.78 is 0. The van der Waals surface area contributed by atoms with Crippen LogP contribution >= 0.6 is 0 Å². The molecule has 2 aromatic carbocycles. The molecule has 0 aromatic heterocycles. The van der Waals surface area contributed by atoms with Gasteiger partial charge in [-0.1, -0.05) is 36.4 Å². The molecule has 2 rings (SSSR count). The Morgan fingerprint density at radius 1 is 1.13 bits per heavy atom. The van der Waals surface area contributed by atoms with Crippen LogP contribution in [0.1, 0.15) is 6.92 Å². The monoisotopic (exact) mass is 201 g/mol. The third kappa shape index (κ3) is 1.69. The molecule has 0 saturated heterocycles. The highest BCUT2D eigenvalue weighted by Crippen LogP contribution is 2.25. The Bertz CT molecular complexity index is 502. The molecular formula is C12H11NO2. The largest absolute Gasteiger partial charge is 0.281 e. The standard InChI is InChI=1S/C12H11NO2/c1-9(14)13(15)12-8-4-6-10-5-2-3-7-11(10)12/h2-8,15H,1H3. The summed E-state index contributed by atoms with van der Waals surface area (Å²) in [5.74, 6) is -0.397. The highest BCUT2D eigenvalue weighted by molar-refractivity contribution is 6.01. The van der Waals surface area contributed by atoms with Crippen LogP contribution in [0.2, 0.25) is 0 Å². The number of fused-ring (bicyclic) bond motifs is 1. The van der Waals surface area contributed by atoms with Crippen molar-refractivity contribution in [2.75, 3.05) is 5.06 Å². The Morgan fingerprint density at radius 2 is 1.80 bits per heavy atom. The predicted octanol–water partition coefficient (Wildman–Crippen LogP) is 2.58. The van der Waals surface area contributed by atoms with Crippen LogP contribution in [-0.4, -0.2) is 11.1 Å². The molecule has 1 amide bonds. The summed E-state index contributed by atoms with van der Waals surface area (Å²) in [5, 5.41) is 12.1. The first-order valence-corrected chi connectivity index (χ1v) is 4.67. The summed E-state index contributed by atoms with van der Waals surface area (Å²) in [6, 6.07) is 13.1. The second-order valence-electron chi connectivity index (χ2n) is 3.33. The van der Waals surface area contributed by atoms with Crippen LogP contribution in [0, 0.1) is 0 Å². The van der Waals surface area contributed by atoms with Gasteiger partial charge in [0.05, 0.1) is 5.69 Å². The normalized spacial score (nSPS) is 10.3. The zero-order valence-electron chi connectivity index (χ0n) is 8.34. The molecule has 1 N–H and O–H groups in total.